The van der Waals surface area contributed by atoms with E-state index in [9.17, 15) is 0 Å². The van der Waals surface area contributed by atoms with E-state index in [0.29, 0.717) is 12.6 Å². The van der Waals surface area contributed by atoms with E-state index in [4.69, 9.17) is 22.1 Å². The summed E-state index contributed by atoms with van der Waals surface area (Å²) in [6, 6.07) is 6.82. The smallest absolute Gasteiger partial charge is 0.0642 e. The minimum atomic E-state index is 0.517. The molecular formula is C16H25ClN2O. The number of hydrogen-bond acceptors (Lipinski definition) is 3. The second-order valence-electron chi connectivity index (χ2n) is 5.59. The molecule has 1 fully saturated rings. The number of methoxy groups -OCH3 is 1. The Morgan fingerprint density at radius 3 is 2.75 bits per heavy atom. The van der Waals surface area contributed by atoms with Gasteiger partial charge in [-0.3, -0.25) is 0 Å². The van der Waals surface area contributed by atoms with Crippen LogP contribution in [0.3, 0.4) is 0 Å². The van der Waals surface area contributed by atoms with Crippen molar-refractivity contribution in [2.24, 2.45) is 11.7 Å². The standard InChI is InChI=1S/C16H25ClN2O/c1-12(14-4-5-14)19(9-10-20-2)16-6-3-13(7-8-18)11-15(16)17/h3,6,11-12,14H,4-5,7-10,18H2,1-2H3. The van der Waals surface area contributed by atoms with Gasteiger partial charge in [-0.05, 0) is 56.3 Å². The van der Waals surface area contributed by atoms with Gasteiger partial charge in [-0.25, -0.2) is 0 Å². The molecule has 4 heteroatoms. The maximum absolute atomic E-state index is 6.48. The Balaban J connectivity index is 2.18. The molecule has 20 heavy (non-hydrogen) atoms. The molecule has 0 saturated heterocycles. The summed E-state index contributed by atoms with van der Waals surface area (Å²) in [5.41, 5.74) is 7.92. The van der Waals surface area contributed by atoms with E-state index in [0.717, 1.165) is 36.2 Å². The predicted octanol–water partition coefficient (Wildman–Crippen LogP) is 3.09. The maximum Gasteiger partial charge on any atom is 0.0642 e. The molecule has 1 aliphatic rings. The van der Waals surface area contributed by atoms with Crippen LogP contribution < -0.4 is 10.6 Å². The van der Waals surface area contributed by atoms with Crippen LogP contribution in [-0.2, 0) is 11.2 Å². The van der Waals surface area contributed by atoms with Gasteiger partial charge < -0.3 is 15.4 Å². The summed E-state index contributed by atoms with van der Waals surface area (Å²) in [7, 11) is 1.74. The highest BCUT2D eigenvalue weighted by Gasteiger charge is 2.32. The zero-order valence-corrected chi connectivity index (χ0v) is 13.2. The van der Waals surface area contributed by atoms with Crippen molar-refractivity contribution >= 4 is 17.3 Å². The van der Waals surface area contributed by atoms with Gasteiger partial charge in [-0.1, -0.05) is 17.7 Å². The number of anilines is 1. The van der Waals surface area contributed by atoms with Crippen LogP contribution in [0.2, 0.25) is 5.02 Å². The van der Waals surface area contributed by atoms with Crippen LogP contribution in [0.25, 0.3) is 0 Å². The zero-order valence-electron chi connectivity index (χ0n) is 12.4. The molecule has 0 aromatic heterocycles. The third kappa shape index (κ3) is 3.87. The van der Waals surface area contributed by atoms with Crippen molar-refractivity contribution in [3.8, 4) is 0 Å². The first-order valence-corrected chi connectivity index (χ1v) is 7.79. The Labute approximate surface area is 127 Å². The molecule has 0 aliphatic heterocycles. The summed E-state index contributed by atoms with van der Waals surface area (Å²) in [5, 5.41) is 0.819. The Bertz CT molecular complexity index is 434. The fourth-order valence-electron chi connectivity index (χ4n) is 2.67. The van der Waals surface area contributed by atoms with Gasteiger partial charge in [0.15, 0.2) is 0 Å². The van der Waals surface area contributed by atoms with Crippen LogP contribution in [0, 0.1) is 5.92 Å². The molecule has 2 rings (SSSR count). The average molecular weight is 297 g/mol. The summed E-state index contributed by atoms with van der Waals surface area (Å²) in [4.78, 5) is 2.38. The molecule has 1 aromatic carbocycles. The molecule has 1 atom stereocenters. The van der Waals surface area contributed by atoms with E-state index in [1.54, 1.807) is 7.11 Å². The third-order valence-corrected chi connectivity index (χ3v) is 4.39. The first kappa shape index (κ1) is 15.6. The van der Waals surface area contributed by atoms with Gasteiger partial charge in [-0.2, -0.15) is 0 Å². The largest absolute Gasteiger partial charge is 0.383 e. The fraction of sp³-hybridized carbons (Fsp3) is 0.625. The molecule has 1 aliphatic carbocycles. The molecule has 0 spiro atoms. The Morgan fingerprint density at radius 2 is 2.20 bits per heavy atom. The highest BCUT2D eigenvalue weighted by atomic mass is 35.5. The molecule has 112 valence electrons. The van der Waals surface area contributed by atoms with E-state index >= 15 is 0 Å². The summed E-state index contributed by atoms with van der Waals surface area (Å²) in [6.07, 6.45) is 3.53. The number of nitrogens with two attached hydrogens (primary N) is 1. The van der Waals surface area contributed by atoms with Crippen molar-refractivity contribution in [2.45, 2.75) is 32.2 Å². The van der Waals surface area contributed by atoms with Gasteiger partial charge in [0.2, 0.25) is 0 Å². The lowest BCUT2D eigenvalue weighted by atomic mass is 10.1. The van der Waals surface area contributed by atoms with E-state index < -0.39 is 0 Å². The third-order valence-electron chi connectivity index (χ3n) is 4.09. The molecular weight excluding hydrogens is 272 g/mol. The van der Waals surface area contributed by atoms with Gasteiger partial charge in [0.05, 0.1) is 17.3 Å². The molecule has 0 bridgehead atoms. The van der Waals surface area contributed by atoms with Crippen LogP contribution in [0.1, 0.15) is 25.3 Å². The van der Waals surface area contributed by atoms with E-state index in [-0.39, 0.29) is 0 Å². The maximum atomic E-state index is 6.48. The van der Waals surface area contributed by atoms with Crippen LogP contribution in [0.4, 0.5) is 5.69 Å². The number of ether oxygens (including phenoxy) is 1. The van der Waals surface area contributed by atoms with Gasteiger partial charge >= 0.3 is 0 Å². The number of halogens is 1. The van der Waals surface area contributed by atoms with Crippen LogP contribution in [-0.4, -0.2) is 32.8 Å². The molecule has 1 unspecified atom stereocenters. The molecule has 1 saturated carbocycles. The summed E-state index contributed by atoms with van der Waals surface area (Å²) >= 11 is 6.48. The summed E-state index contributed by atoms with van der Waals surface area (Å²) in [5.74, 6) is 0.798. The topological polar surface area (TPSA) is 38.5 Å². The SMILES string of the molecule is COCCN(c1ccc(CCN)cc1Cl)C(C)C1CC1. The number of rotatable bonds is 8. The normalized spacial score (nSPS) is 16.2. The zero-order chi connectivity index (χ0) is 14.5. The van der Waals surface area contributed by atoms with E-state index in [2.05, 4.69) is 24.0 Å². The van der Waals surface area contributed by atoms with E-state index in [1.807, 2.05) is 6.07 Å². The Hall–Kier alpha value is -0.770. The van der Waals surface area contributed by atoms with Crippen molar-refractivity contribution in [2.75, 3.05) is 31.7 Å². The number of nitrogens with zero attached hydrogens (tertiary/aromatic N) is 1. The monoisotopic (exact) mass is 296 g/mol. The van der Waals surface area contributed by atoms with Gasteiger partial charge in [-0.15, -0.1) is 0 Å². The van der Waals surface area contributed by atoms with Crippen molar-refractivity contribution in [3.05, 3.63) is 28.8 Å². The number of benzene rings is 1. The second-order valence-corrected chi connectivity index (χ2v) is 6.00. The second kappa shape index (κ2) is 7.30. The van der Waals surface area contributed by atoms with Gasteiger partial charge in [0.25, 0.3) is 0 Å². The van der Waals surface area contributed by atoms with Crippen LogP contribution in [0.15, 0.2) is 18.2 Å². The lowest BCUT2D eigenvalue weighted by Gasteiger charge is -2.32. The summed E-state index contributed by atoms with van der Waals surface area (Å²) < 4.78 is 5.25. The van der Waals surface area contributed by atoms with Crippen molar-refractivity contribution in [1.29, 1.82) is 0 Å². The van der Waals surface area contributed by atoms with Crippen molar-refractivity contribution in [3.63, 3.8) is 0 Å². The highest BCUT2D eigenvalue weighted by Crippen LogP contribution is 2.38. The van der Waals surface area contributed by atoms with Crippen LogP contribution in [0.5, 0.6) is 0 Å². The van der Waals surface area contributed by atoms with Crippen LogP contribution >= 0.6 is 11.6 Å². The Kier molecular flexibility index (Phi) is 5.70. The first-order chi connectivity index (χ1) is 9.67. The van der Waals surface area contributed by atoms with Gasteiger partial charge in [0.1, 0.15) is 0 Å². The Morgan fingerprint density at radius 1 is 1.45 bits per heavy atom. The molecule has 0 radical (unpaired) electrons. The fourth-order valence-corrected chi connectivity index (χ4v) is 2.98. The lowest BCUT2D eigenvalue weighted by molar-refractivity contribution is 0.202. The average Bonchev–Trinajstić information content (AvgIpc) is 3.25. The highest BCUT2D eigenvalue weighted by molar-refractivity contribution is 6.33. The molecule has 2 N–H and O–H groups in total. The molecule has 0 heterocycles. The minimum absolute atomic E-state index is 0.517. The predicted molar refractivity (Wildman–Crippen MR) is 85.6 cm³/mol. The molecule has 1 aromatic rings. The lowest BCUT2D eigenvalue weighted by Crippen LogP contribution is -2.37. The van der Waals surface area contributed by atoms with Crippen molar-refractivity contribution < 1.29 is 4.74 Å². The molecule has 3 nitrogen and oxygen atoms in total. The quantitative estimate of drug-likeness (QED) is 0.801. The van der Waals surface area contributed by atoms with Crippen molar-refractivity contribution in [1.82, 2.24) is 0 Å². The van der Waals surface area contributed by atoms with E-state index in [1.165, 1.54) is 18.4 Å². The summed E-state index contributed by atoms with van der Waals surface area (Å²) in [6.45, 7) is 4.54. The van der Waals surface area contributed by atoms with Gasteiger partial charge in [0, 0.05) is 19.7 Å². The number of hydrogen-bond donors (Lipinski definition) is 1. The first-order valence-electron chi connectivity index (χ1n) is 7.41. The minimum Gasteiger partial charge on any atom is -0.383 e. The molecule has 0 amide bonds.